The molecule has 0 fully saturated rings. The van der Waals surface area contributed by atoms with Crippen LogP contribution < -0.4 is 5.32 Å². The number of nitrogens with one attached hydrogen (secondary N) is 1. The van der Waals surface area contributed by atoms with Crippen LogP contribution in [0.25, 0.3) is 11.1 Å². The largest absolute Gasteiger partial charge is 0.361 e. The first-order chi connectivity index (χ1) is 9.65. The minimum Gasteiger partial charge on any atom is -0.361 e. The third-order valence-corrected chi connectivity index (χ3v) is 2.83. The number of hydrogen-bond acceptors (Lipinski definition) is 5. The predicted molar refractivity (Wildman–Crippen MR) is 74.3 cm³/mol. The molecule has 2 rings (SSSR count). The van der Waals surface area contributed by atoms with Gasteiger partial charge in [-0.2, -0.15) is 10.5 Å². The zero-order valence-electron chi connectivity index (χ0n) is 11.1. The van der Waals surface area contributed by atoms with Gasteiger partial charge in [-0.15, -0.1) is 0 Å². The summed E-state index contributed by atoms with van der Waals surface area (Å²) in [6, 6.07) is 11.2. The summed E-state index contributed by atoms with van der Waals surface area (Å²) >= 11 is 0. The lowest BCUT2D eigenvalue weighted by Gasteiger charge is -2.03. The van der Waals surface area contributed by atoms with Crippen molar-refractivity contribution >= 4 is 5.69 Å². The molecule has 1 heterocycles. The molecule has 0 atom stereocenters. The van der Waals surface area contributed by atoms with E-state index < -0.39 is 0 Å². The fourth-order valence-corrected chi connectivity index (χ4v) is 1.87. The molecule has 0 aliphatic heterocycles. The van der Waals surface area contributed by atoms with Gasteiger partial charge in [0.15, 0.2) is 0 Å². The molecule has 0 aliphatic rings. The summed E-state index contributed by atoms with van der Waals surface area (Å²) in [5.41, 5.74) is 3.67. The van der Waals surface area contributed by atoms with Crippen LogP contribution in [0.5, 0.6) is 0 Å². The standard InChI is InChI=1S/C15H12N4O/c1-10-15(11(2)20-19-10)13-3-5-14(6-4-13)18-9-12(7-16)8-17/h3-6,9,18H,1-2H3. The van der Waals surface area contributed by atoms with Crippen LogP contribution in [0.15, 0.2) is 40.6 Å². The first-order valence-electron chi connectivity index (χ1n) is 5.96. The Bertz CT molecular complexity index is 691. The van der Waals surface area contributed by atoms with Crippen LogP contribution in [-0.4, -0.2) is 5.16 Å². The van der Waals surface area contributed by atoms with Crippen LogP contribution in [0, 0.1) is 36.5 Å². The molecular formula is C15H12N4O. The molecular weight excluding hydrogens is 252 g/mol. The normalized spacial score (nSPS) is 9.40. The van der Waals surface area contributed by atoms with E-state index in [0.717, 1.165) is 28.3 Å². The van der Waals surface area contributed by atoms with Crippen molar-refractivity contribution < 1.29 is 4.52 Å². The van der Waals surface area contributed by atoms with Crippen molar-refractivity contribution in [3.05, 3.63) is 47.5 Å². The van der Waals surface area contributed by atoms with Gasteiger partial charge in [0.25, 0.3) is 0 Å². The van der Waals surface area contributed by atoms with E-state index in [9.17, 15) is 0 Å². The summed E-state index contributed by atoms with van der Waals surface area (Å²) in [4.78, 5) is 0. The van der Waals surface area contributed by atoms with Crippen molar-refractivity contribution in [2.45, 2.75) is 13.8 Å². The molecule has 0 aliphatic carbocycles. The van der Waals surface area contributed by atoms with E-state index in [2.05, 4.69) is 10.5 Å². The van der Waals surface area contributed by atoms with Crippen molar-refractivity contribution in [3.63, 3.8) is 0 Å². The maximum atomic E-state index is 8.64. The Morgan fingerprint density at radius 2 is 1.85 bits per heavy atom. The number of allylic oxidation sites excluding steroid dienone is 1. The van der Waals surface area contributed by atoms with E-state index >= 15 is 0 Å². The van der Waals surface area contributed by atoms with E-state index in [1.165, 1.54) is 6.20 Å². The average molecular weight is 264 g/mol. The van der Waals surface area contributed by atoms with Crippen molar-refractivity contribution in [1.29, 1.82) is 10.5 Å². The number of anilines is 1. The summed E-state index contributed by atoms with van der Waals surface area (Å²) in [5, 5.41) is 24.1. The molecule has 1 N–H and O–H groups in total. The summed E-state index contributed by atoms with van der Waals surface area (Å²) < 4.78 is 5.14. The molecule has 0 spiro atoms. The lowest BCUT2D eigenvalue weighted by molar-refractivity contribution is 0.393. The molecule has 0 saturated heterocycles. The minimum absolute atomic E-state index is 0.0276. The molecule has 0 amide bonds. The molecule has 98 valence electrons. The maximum Gasteiger partial charge on any atom is 0.145 e. The van der Waals surface area contributed by atoms with Crippen LogP contribution in [0.4, 0.5) is 5.69 Å². The molecule has 0 radical (unpaired) electrons. The van der Waals surface area contributed by atoms with E-state index in [0.29, 0.717) is 0 Å². The number of aromatic nitrogens is 1. The number of nitriles is 2. The first kappa shape index (κ1) is 13.4. The number of aryl methyl sites for hydroxylation is 2. The molecule has 0 unspecified atom stereocenters. The van der Waals surface area contributed by atoms with E-state index in [1.807, 2.05) is 38.1 Å². The molecule has 2 aromatic rings. The Morgan fingerprint density at radius 3 is 2.35 bits per heavy atom. The van der Waals surface area contributed by atoms with Crippen molar-refractivity contribution in [2.75, 3.05) is 5.32 Å². The summed E-state index contributed by atoms with van der Waals surface area (Å²) in [5.74, 6) is 0.777. The highest BCUT2D eigenvalue weighted by Crippen LogP contribution is 2.27. The van der Waals surface area contributed by atoms with Gasteiger partial charge < -0.3 is 9.84 Å². The zero-order valence-corrected chi connectivity index (χ0v) is 11.1. The molecule has 5 nitrogen and oxygen atoms in total. The Kier molecular flexibility index (Phi) is 3.83. The molecule has 0 bridgehead atoms. The fourth-order valence-electron chi connectivity index (χ4n) is 1.87. The molecule has 1 aromatic carbocycles. The third-order valence-electron chi connectivity index (χ3n) is 2.83. The topological polar surface area (TPSA) is 85.6 Å². The van der Waals surface area contributed by atoms with Crippen LogP contribution >= 0.6 is 0 Å². The van der Waals surface area contributed by atoms with Crippen LogP contribution in [0.1, 0.15) is 11.5 Å². The van der Waals surface area contributed by atoms with E-state index in [1.54, 1.807) is 12.1 Å². The summed E-state index contributed by atoms with van der Waals surface area (Å²) in [6.07, 6.45) is 1.38. The van der Waals surface area contributed by atoms with Crippen molar-refractivity contribution in [3.8, 4) is 23.3 Å². The fraction of sp³-hybridized carbons (Fsp3) is 0.133. The van der Waals surface area contributed by atoms with Gasteiger partial charge >= 0.3 is 0 Å². The quantitative estimate of drug-likeness (QED) is 0.859. The maximum absolute atomic E-state index is 8.64. The zero-order chi connectivity index (χ0) is 14.5. The van der Waals surface area contributed by atoms with Crippen LogP contribution in [0.3, 0.4) is 0 Å². The second-order valence-corrected chi connectivity index (χ2v) is 4.20. The molecule has 20 heavy (non-hydrogen) atoms. The van der Waals surface area contributed by atoms with E-state index in [-0.39, 0.29) is 5.57 Å². The second-order valence-electron chi connectivity index (χ2n) is 4.20. The van der Waals surface area contributed by atoms with Gasteiger partial charge in [0, 0.05) is 17.5 Å². The van der Waals surface area contributed by atoms with E-state index in [4.69, 9.17) is 15.0 Å². The lowest BCUT2D eigenvalue weighted by Crippen LogP contribution is -1.90. The van der Waals surface area contributed by atoms with Gasteiger partial charge in [0.1, 0.15) is 23.5 Å². The lowest BCUT2D eigenvalue weighted by atomic mass is 10.0. The Hall–Kier alpha value is -3.05. The predicted octanol–water partition coefficient (Wildman–Crippen LogP) is 3.30. The average Bonchev–Trinajstić information content (AvgIpc) is 2.80. The third kappa shape index (κ3) is 2.68. The van der Waals surface area contributed by atoms with Crippen LogP contribution in [-0.2, 0) is 0 Å². The van der Waals surface area contributed by atoms with Gasteiger partial charge in [-0.1, -0.05) is 17.3 Å². The number of nitrogens with zero attached hydrogens (tertiary/aromatic N) is 3. The monoisotopic (exact) mass is 264 g/mol. The first-order valence-corrected chi connectivity index (χ1v) is 5.96. The van der Waals surface area contributed by atoms with Gasteiger partial charge in [0.2, 0.25) is 0 Å². The molecule has 1 aromatic heterocycles. The number of benzene rings is 1. The highest BCUT2D eigenvalue weighted by molar-refractivity contribution is 5.69. The smallest absolute Gasteiger partial charge is 0.145 e. The highest BCUT2D eigenvalue weighted by atomic mass is 16.5. The van der Waals surface area contributed by atoms with Crippen molar-refractivity contribution in [1.82, 2.24) is 5.16 Å². The summed E-state index contributed by atoms with van der Waals surface area (Å²) in [6.45, 7) is 3.77. The SMILES string of the molecule is Cc1noc(C)c1-c1ccc(NC=C(C#N)C#N)cc1. The van der Waals surface area contributed by atoms with Gasteiger partial charge in [0.05, 0.1) is 5.69 Å². The van der Waals surface area contributed by atoms with Gasteiger partial charge in [-0.05, 0) is 31.5 Å². The Balaban J connectivity index is 2.22. The van der Waals surface area contributed by atoms with Gasteiger partial charge in [-0.25, -0.2) is 0 Å². The van der Waals surface area contributed by atoms with Crippen LogP contribution in [0.2, 0.25) is 0 Å². The highest BCUT2D eigenvalue weighted by Gasteiger charge is 2.10. The number of rotatable bonds is 3. The van der Waals surface area contributed by atoms with Gasteiger partial charge in [-0.3, -0.25) is 0 Å². The molecule has 0 saturated carbocycles. The Morgan fingerprint density at radius 1 is 1.20 bits per heavy atom. The summed E-state index contributed by atoms with van der Waals surface area (Å²) in [7, 11) is 0. The molecule has 5 heteroatoms. The number of hydrogen-bond donors (Lipinski definition) is 1. The van der Waals surface area contributed by atoms with Crippen molar-refractivity contribution in [2.24, 2.45) is 0 Å². The second kappa shape index (κ2) is 5.73. The minimum atomic E-state index is 0.0276. The Labute approximate surface area is 116 Å².